The first kappa shape index (κ1) is 16.9. The molecule has 1 aromatic heterocycles. The molecule has 1 unspecified atom stereocenters. The second-order valence-electron chi connectivity index (χ2n) is 5.27. The monoisotopic (exact) mass is 352 g/mol. The molecular weight excluding hydrogens is 336 g/mol. The zero-order valence-corrected chi connectivity index (χ0v) is 14.4. The molecule has 5 nitrogen and oxygen atoms in total. The molecule has 0 fully saturated rings. The van der Waals surface area contributed by atoms with Crippen molar-refractivity contribution in [3.05, 3.63) is 76.2 Å². The molecule has 126 valence electrons. The summed E-state index contributed by atoms with van der Waals surface area (Å²) in [6.07, 6.45) is 1.51. The van der Waals surface area contributed by atoms with E-state index in [0.717, 1.165) is 10.5 Å². The molecule has 2 heterocycles. The van der Waals surface area contributed by atoms with Gasteiger partial charge in [0.15, 0.2) is 0 Å². The molecule has 2 aromatic rings. The Bertz CT molecular complexity index is 877. The highest BCUT2D eigenvalue weighted by Gasteiger charge is 2.38. The minimum Gasteiger partial charge on any atom is -0.468 e. The number of hydrogen-bond acceptors (Lipinski definition) is 6. The SMILES string of the molecule is CCOC(=O)C1=C(N)SC(c2ccccc2)=C(C#N)C1c1ccco1. The van der Waals surface area contributed by atoms with Gasteiger partial charge in [0.2, 0.25) is 0 Å². The summed E-state index contributed by atoms with van der Waals surface area (Å²) in [7, 11) is 0. The summed E-state index contributed by atoms with van der Waals surface area (Å²) in [5, 5.41) is 10.1. The number of thioether (sulfide) groups is 1. The topological polar surface area (TPSA) is 89.2 Å². The average molecular weight is 352 g/mol. The van der Waals surface area contributed by atoms with E-state index in [2.05, 4.69) is 6.07 Å². The number of benzene rings is 1. The Morgan fingerprint density at radius 3 is 2.68 bits per heavy atom. The first-order valence-electron chi connectivity index (χ1n) is 7.75. The number of carbonyl (C=O) groups is 1. The van der Waals surface area contributed by atoms with Crippen molar-refractivity contribution in [1.82, 2.24) is 0 Å². The predicted octanol–water partition coefficient (Wildman–Crippen LogP) is 3.78. The number of furan rings is 1. The lowest BCUT2D eigenvalue weighted by Crippen LogP contribution is -2.23. The van der Waals surface area contributed by atoms with Crippen molar-refractivity contribution in [3.63, 3.8) is 0 Å². The van der Waals surface area contributed by atoms with Crippen LogP contribution in [0.1, 0.15) is 24.2 Å². The quantitative estimate of drug-likeness (QED) is 0.842. The Morgan fingerprint density at radius 1 is 1.32 bits per heavy atom. The number of hydrogen-bond donors (Lipinski definition) is 1. The third-order valence-corrected chi connectivity index (χ3v) is 4.88. The fourth-order valence-corrected chi connectivity index (χ4v) is 3.78. The summed E-state index contributed by atoms with van der Waals surface area (Å²) in [5.41, 5.74) is 7.74. The minimum absolute atomic E-state index is 0.225. The summed E-state index contributed by atoms with van der Waals surface area (Å²) in [5.74, 6) is -0.736. The third kappa shape index (κ3) is 3.19. The zero-order valence-electron chi connectivity index (χ0n) is 13.6. The normalized spacial score (nSPS) is 17.4. The standard InChI is InChI=1S/C19H16N2O3S/c1-2-23-19(22)16-15(14-9-6-10-24-14)13(11-20)17(25-18(16)21)12-7-4-3-5-8-12/h3-10,15H,2,21H2,1H3. The van der Waals surface area contributed by atoms with Gasteiger partial charge in [0, 0.05) is 4.91 Å². The smallest absolute Gasteiger partial charge is 0.337 e. The Hall–Kier alpha value is -2.91. The summed E-state index contributed by atoms with van der Waals surface area (Å²) >= 11 is 1.21. The number of nitrogens with zero attached hydrogens (tertiary/aromatic N) is 1. The molecule has 0 amide bonds. The summed E-state index contributed by atoms with van der Waals surface area (Å²) in [4.78, 5) is 13.2. The lowest BCUT2D eigenvalue weighted by molar-refractivity contribution is -0.138. The van der Waals surface area contributed by atoms with Crippen LogP contribution in [0, 0.1) is 11.3 Å². The first-order valence-corrected chi connectivity index (χ1v) is 8.56. The molecule has 2 N–H and O–H groups in total. The lowest BCUT2D eigenvalue weighted by Gasteiger charge is -2.26. The fourth-order valence-electron chi connectivity index (χ4n) is 2.72. The molecule has 6 heteroatoms. The molecule has 25 heavy (non-hydrogen) atoms. The molecule has 3 rings (SSSR count). The number of carbonyl (C=O) groups excluding carboxylic acids is 1. The maximum atomic E-state index is 12.5. The Labute approximate surface area is 149 Å². The van der Waals surface area contributed by atoms with Gasteiger partial charge < -0.3 is 14.9 Å². The van der Waals surface area contributed by atoms with Gasteiger partial charge in [0.1, 0.15) is 5.76 Å². The number of allylic oxidation sites excluding steroid dienone is 1. The maximum Gasteiger partial charge on any atom is 0.337 e. The van der Waals surface area contributed by atoms with E-state index in [1.54, 1.807) is 19.1 Å². The van der Waals surface area contributed by atoms with E-state index < -0.39 is 11.9 Å². The van der Waals surface area contributed by atoms with Crippen LogP contribution >= 0.6 is 11.8 Å². The number of ether oxygens (including phenoxy) is 1. The average Bonchev–Trinajstić information content (AvgIpc) is 3.16. The van der Waals surface area contributed by atoms with Gasteiger partial charge in [-0.25, -0.2) is 4.79 Å². The largest absolute Gasteiger partial charge is 0.468 e. The van der Waals surface area contributed by atoms with E-state index >= 15 is 0 Å². The molecule has 1 aliphatic rings. The highest BCUT2D eigenvalue weighted by molar-refractivity contribution is 8.11. The second-order valence-corrected chi connectivity index (χ2v) is 6.32. The molecule has 0 saturated heterocycles. The number of nitrogens with two attached hydrogens (primary N) is 1. The van der Waals surface area contributed by atoms with Crippen LogP contribution in [0.2, 0.25) is 0 Å². The number of esters is 1. The molecule has 1 aromatic carbocycles. The minimum atomic E-state index is -0.685. The van der Waals surface area contributed by atoms with Crippen LogP contribution in [-0.4, -0.2) is 12.6 Å². The van der Waals surface area contributed by atoms with Crippen LogP contribution in [0.3, 0.4) is 0 Å². The summed E-state index contributed by atoms with van der Waals surface area (Å²) in [6.45, 7) is 1.95. The van der Waals surface area contributed by atoms with E-state index in [4.69, 9.17) is 14.9 Å². The molecule has 0 aliphatic carbocycles. The summed E-state index contributed by atoms with van der Waals surface area (Å²) < 4.78 is 10.7. The Balaban J connectivity index is 2.19. The van der Waals surface area contributed by atoms with E-state index in [-0.39, 0.29) is 12.2 Å². The van der Waals surface area contributed by atoms with Crippen molar-refractivity contribution >= 4 is 22.6 Å². The Kier molecular flexibility index (Phi) is 4.96. The van der Waals surface area contributed by atoms with Gasteiger partial charge in [0.05, 0.1) is 41.0 Å². The molecular formula is C19H16N2O3S. The van der Waals surface area contributed by atoms with Gasteiger partial charge in [-0.2, -0.15) is 5.26 Å². The van der Waals surface area contributed by atoms with Crippen LogP contribution < -0.4 is 5.73 Å². The molecule has 0 radical (unpaired) electrons. The lowest BCUT2D eigenvalue weighted by atomic mass is 9.87. The van der Waals surface area contributed by atoms with E-state index in [9.17, 15) is 10.1 Å². The fraction of sp³-hybridized carbons (Fsp3) is 0.158. The zero-order chi connectivity index (χ0) is 17.8. The van der Waals surface area contributed by atoms with E-state index in [0.29, 0.717) is 16.4 Å². The molecule has 0 bridgehead atoms. The van der Waals surface area contributed by atoms with Gasteiger partial charge in [0.25, 0.3) is 0 Å². The first-order chi connectivity index (χ1) is 12.2. The van der Waals surface area contributed by atoms with Crippen molar-refractivity contribution in [2.24, 2.45) is 5.73 Å². The van der Waals surface area contributed by atoms with Crippen LogP contribution in [0.25, 0.3) is 4.91 Å². The third-order valence-electron chi connectivity index (χ3n) is 3.78. The second kappa shape index (κ2) is 7.32. The van der Waals surface area contributed by atoms with Crippen LogP contribution in [0.5, 0.6) is 0 Å². The molecule has 0 saturated carbocycles. The highest BCUT2D eigenvalue weighted by Crippen LogP contribution is 2.49. The van der Waals surface area contributed by atoms with Crippen molar-refractivity contribution in [2.45, 2.75) is 12.8 Å². The maximum absolute atomic E-state index is 12.5. The molecule has 1 aliphatic heterocycles. The van der Waals surface area contributed by atoms with Crippen LogP contribution in [0.4, 0.5) is 0 Å². The van der Waals surface area contributed by atoms with Gasteiger partial charge in [-0.3, -0.25) is 0 Å². The Morgan fingerprint density at radius 2 is 2.08 bits per heavy atom. The van der Waals surface area contributed by atoms with Crippen molar-refractivity contribution in [3.8, 4) is 6.07 Å². The van der Waals surface area contributed by atoms with Crippen LogP contribution in [0.15, 0.2) is 69.3 Å². The van der Waals surface area contributed by atoms with Crippen molar-refractivity contribution < 1.29 is 13.9 Å². The van der Waals surface area contributed by atoms with Gasteiger partial charge in [-0.15, -0.1) is 0 Å². The predicted molar refractivity (Wildman–Crippen MR) is 95.9 cm³/mol. The van der Waals surface area contributed by atoms with Gasteiger partial charge in [-0.05, 0) is 24.6 Å². The summed E-state index contributed by atoms with van der Waals surface area (Å²) in [6, 6.07) is 15.2. The van der Waals surface area contributed by atoms with E-state index in [1.165, 1.54) is 18.0 Å². The van der Waals surface area contributed by atoms with Crippen molar-refractivity contribution in [2.75, 3.05) is 6.61 Å². The van der Waals surface area contributed by atoms with Gasteiger partial charge in [-0.1, -0.05) is 42.1 Å². The van der Waals surface area contributed by atoms with E-state index in [1.807, 2.05) is 30.3 Å². The van der Waals surface area contributed by atoms with Gasteiger partial charge >= 0.3 is 5.97 Å². The van der Waals surface area contributed by atoms with Crippen LogP contribution in [-0.2, 0) is 9.53 Å². The van der Waals surface area contributed by atoms with Crippen molar-refractivity contribution in [1.29, 1.82) is 5.26 Å². The molecule has 0 spiro atoms. The molecule has 1 atom stereocenters. The number of nitriles is 1. The number of rotatable bonds is 4. The highest BCUT2D eigenvalue weighted by atomic mass is 32.2.